The number of thiazole rings is 1. The molecule has 2 amide bonds. The van der Waals surface area contributed by atoms with Gasteiger partial charge >= 0.3 is 0 Å². The van der Waals surface area contributed by atoms with E-state index in [1.807, 2.05) is 13.8 Å². The number of rotatable bonds is 8. The Morgan fingerprint density at radius 3 is 2.52 bits per heavy atom. The van der Waals surface area contributed by atoms with Crippen LogP contribution in [0.1, 0.15) is 23.3 Å². The van der Waals surface area contributed by atoms with Crippen LogP contribution >= 0.6 is 23.1 Å². The molecule has 9 nitrogen and oxygen atoms in total. The molecule has 11 heteroatoms. The molecule has 0 fully saturated rings. The summed E-state index contributed by atoms with van der Waals surface area (Å²) in [5.74, 6) is 0.844. The van der Waals surface area contributed by atoms with E-state index >= 15 is 0 Å². The average molecular weight is 461 g/mol. The molecule has 0 bridgehead atoms. The van der Waals surface area contributed by atoms with Crippen molar-refractivity contribution in [3.05, 3.63) is 40.7 Å². The van der Waals surface area contributed by atoms with E-state index in [1.165, 1.54) is 23.1 Å². The van der Waals surface area contributed by atoms with E-state index in [4.69, 9.17) is 4.74 Å². The molecule has 164 valence electrons. The van der Waals surface area contributed by atoms with Crippen molar-refractivity contribution in [2.45, 2.75) is 37.6 Å². The van der Waals surface area contributed by atoms with E-state index in [9.17, 15) is 9.59 Å². The van der Waals surface area contributed by atoms with Crippen molar-refractivity contribution < 1.29 is 14.3 Å². The van der Waals surface area contributed by atoms with Gasteiger partial charge in [0.05, 0.1) is 24.5 Å². The third kappa shape index (κ3) is 5.82. The second-order valence-electron chi connectivity index (χ2n) is 6.82. The Balaban J connectivity index is 1.57. The van der Waals surface area contributed by atoms with Crippen LogP contribution in [0.25, 0.3) is 0 Å². The summed E-state index contributed by atoms with van der Waals surface area (Å²) >= 11 is 2.72. The van der Waals surface area contributed by atoms with E-state index < -0.39 is 5.25 Å². The Hall–Kier alpha value is -2.92. The number of ether oxygens (including phenoxy) is 1. The van der Waals surface area contributed by atoms with E-state index in [-0.39, 0.29) is 18.2 Å². The van der Waals surface area contributed by atoms with Crippen LogP contribution < -0.4 is 15.4 Å². The first-order chi connectivity index (χ1) is 14.8. The molecule has 0 radical (unpaired) electrons. The fourth-order valence-electron chi connectivity index (χ4n) is 2.57. The zero-order chi connectivity index (χ0) is 22.5. The van der Waals surface area contributed by atoms with Crippen LogP contribution in [0.15, 0.2) is 29.4 Å². The number of carbonyl (C=O) groups excluding carboxylic acids is 2. The molecule has 0 saturated carbocycles. The molecule has 0 aliphatic heterocycles. The zero-order valence-electron chi connectivity index (χ0n) is 17.9. The highest BCUT2D eigenvalue weighted by atomic mass is 32.2. The van der Waals surface area contributed by atoms with Crippen molar-refractivity contribution in [3.8, 4) is 5.75 Å². The van der Waals surface area contributed by atoms with E-state index in [1.54, 1.807) is 49.9 Å². The monoisotopic (exact) mass is 460 g/mol. The van der Waals surface area contributed by atoms with Gasteiger partial charge in [0, 0.05) is 17.6 Å². The summed E-state index contributed by atoms with van der Waals surface area (Å²) in [6.45, 7) is 5.66. The predicted octanol–water partition coefficient (Wildman–Crippen LogP) is 3.20. The van der Waals surface area contributed by atoms with Gasteiger partial charge in [0.1, 0.15) is 11.6 Å². The van der Waals surface area contributed by atoms with E-state index in [0.717, 1.165) is 10.6 Å². The SMILES string of the molecule is COc1ccc(NC(=O)Cc2nnc(S[C@@H](C)C(=O)Nc3nc(C)c(C)s3)n2C)cc1. The summed E-state index contributed by atoms with van der Waals surface area (Å²) in [6, 6.07) is 7.07. The van der Waals surface area contributed by atoms with Crippen LogP contribution in [-0.4, -0.2) is 43.9 Å². The molecule has 0 spiro atoms. The van der Waals surface area contributed by atoms with E-state index in [0.29, 0.717) is 27.5 Å². The van der Waals surface area contributed by atoms with Crippen molar-refractivity contribution >= 4 is 45.7 Å². The molecule has 1 atom stereocenters. The van der Waals surface area contributed by atoms with Gasteiger partial charge in [-0.1, -0.05) is 11.8 Å². The molecule has 3 rings (SSSR count). The van der Waals surface area contributed by atoms with Crippen molar-refractivity contribution in [1.29, 1.82) is 0 Å². The maximum atomic E-state index is 12.5. The van der Waals surface area contributed by atoms with E-state index in [2.05, 4.69) is 25.8 Å². The third-order valence-corrected chi connectivity index (χ3v) is 6.65. The number of nitrogens with one attached hydrogen (secondary N) is 2. The molecule has 31 heavy (non-hydrogen) atoms. The minimum absolute atomic E-state index is 0.0638. The molecule has 2 heterocycles. The Bertz CT molecular complexity index is 1060. The van der Waals surface area contributed by atoms with Gasteiger partial charge in [-0.25, -0.2) is 4.98 Å². The quantitative estimate of drug-likeness (QED) is 0.497. The van der Waals surface area contributed by atoms with Crippen molar-refractivity contribution in [2.24, 2.45) is 7.05 Å². The number of benzene rings is 1. The number of amides is 2. The summed E-state index contributed by atoms with van der Waals surface area (Å²) < 4.78 is 6.83. The molecule has 1 aromatic carbocycles. The molecule has 0 saturated heterocycles. The van der Waals surface area contributed by atoms with Crippen LogP contribution in [0.2, 0.25) is 0 Å². The number of aryl methyl sites for hydroxylation is 2. The van der Waals surface area contributed by atoms with Gasteiger partial charge in [-0.05, 0) is 45.0 Å². The molecule has 3 aromatic rings. The zero-order valence-corrected chi connectivity index (χ0v) is 19.6. The second-order valence-corrected chi connectivity index (χ2v) is 9.33. The van der Waals surface area contributed by atoms with Crippen LogP contribution in [0.5, 0.6) is 5.75 Å². The topological polar surface area (TPSA) is 111 Å². The van der Waals surface area contributed by atoms with Crippen LogP contribution in [-0.2, 0) is 23.1 Å². The number of methoxy groups -OCH3 is 1. The van der Waals surface area contributed by atoms with Crippen molar-refractivity contribution in [2.75, 3.05) is 17.7 Å². The van der Waals surface area contributed by atoms with Gasteiger partial charge in [0.2, 0.25) is 11.8 Å². The lowest BCUT2D eigenvalue weighted by atomic mass is 10.3. The van der Waals surface area contributed by atoms with Crippen molar-refractivity contribution in [1.82, 2.24) is 19.7 Å². The Kier molecular flexibility index (Phi) is 7.29. The Morgan fingerprint density at radius 1 is 1.19 bits per heavy atom. The highest BCUT2D eigenvalue weighted by Gasteiger charge is 2.21. The van der Waals surface area contributed by atoms with Crippen LogP contribution in [0.4, 0.5) is 10.8 Å². The molecule has 2 aromatic heterocycles. The Morgan fingerprint density at radius 2 is 1.90 bits per heavy atom. The van der Waals surface area contributed by atoms with Crippen LogP contribution in [0.3, 0.4) is 0 Å². The van der Waals surface area contributed by atoms with Gasteiger partial charge in [-0.2, -0.15) is 0 Å². The van der Waals surface area contributed by atoms with Crippen molar-refractivity contribution in [3.63, 3.8) is 0 Å². The summed E-state index contributed by atoms with van der Waals surface area (Å²) in [5, 5.41) is 14.6. The Labute approximate surface area is 188 Å². The molecule has 2 N–H and O–H groups in total. The third-order valence-electron chi connectivity index (χ3n) is 4.53. The molecule has 0 aliphatic carbocycles. The molecular formula is C20H24N6O3S2. The largest absolute Gasteiger partial charge is 0.497 e. The lowest BCUT2D eigenvalue weighted by Crippen LogP contribution is -2.23. The van der Waals surface area contributed by atoms with Gasteiger partial charge < -0.3 is 19.9 Å². The fourth-order valence-corrected chi connectivity index (χ4v) is 4.22. The number of carbonyl (C=O) groups is 2. The summed E-state index contributed by atoms with van der Waals surface area (Å²) in [7, 11) is 3.36. The molecular weight excluding hydrogens is 436 g/mol. The molecule has 0 aliphatic rings. The summed E-state index contributed by atoms with van der Waals surface area (Å²) in [6.07, 6.45) is 0.0638. The summed E-state index contributed by atoms with van der Waals surface area (Å²) in [5.41, 5.74) is 1.58. The highest BCUT2D eigenvalue weighted by Crippen LogP contribution is 2.25. The number of thioether (sulfide) groups is 1. The first-order valence-electron chi connectivity index (χ1n) is 9.50. The highest BCUT2D eigenvalue weighted by molar-refractivity contribution is 8.00. The second kappa shape index (κ2) is 9.92. The minimum Gasteiger partial charge on any atom is -0.497 e. The van der Waals surface area contributed by atoms with Gasteiger partial charge in [0.25, 0.3) is 0 Å². The normalized spacial score (nSPS) is 11.8. The van der Waals surface area contributed by atoms with Gasteiger partial charge in [0.15, 0.2) is 10.3 Å². The number of hydrogen-bond acceptors (Lipinski definition) is 8. The minimum atomic E-state index is -0.409. The summed E-state index contributed by atoms with van der Waals surface area (Å²) in [4.78, 5) is 30.2. The van der Waals surface area contributed by atoms with Gasteiger partial charge in [-0.15, -0.1) is 21.5 Å². The lowest BCUT2D eigenvalue weighted by molar-refractivity contribution is -0.116. The number of hydrogen-bond donors (Lipinski definition) is 2. The van der Waals surface area contributed by atoms with Crippen LogP contribution in [0, 0.1) is 13.8 Å². The maximum absolute atomic E-state index is 12.5. The number of nitrogens with zero attached hydrogens (tertiary/aromatic N) is 4. The molecule has 0 unspecified atom stereocenters. The maximum Gasteiger partial charge on any atom is 0.239 e. The number of aromatic nitrogens is 4. The predicted molar refractivity (Wildman–Crippen MR) is 122 cm³/mol. The average Bonchev–Trinajstić information content (AvgIpc) is 3.23. The van der Waals surface area contributed by atoms with Gasteiger partial charge in [-0.3, -0.25) is 9.59 Å². The standard InChI is InChI=1S/C20H24N6O3S2/c1-11-12(2)30-19(21-11)23-18(28)13(3)31-20-25-24-16(26(20)4)10-17(27)22-14-6-8-15(29-5)9-7-14/h6-9,13H,10H2,1-5H3,(H,22,27)(H,21,23,28)/t13-/m0/s1. The smallest absolute Gasteiger partial charge is 0.239 e. The first-order valence-corrected chi connectivity index (χ1v) is 11.2. The fraction of sp³-hybridized carbons (Fsp3) is 0.350. The number of anilines is 2. The lowest BCUT2D eigenvalue weighted by Gasteiger charge is -2.10. The first kappa shape index (κ1) is 22.8.